The topological polar surface area (TPSA) is 86.5 Å². The molecule has 1 aromatic carbocycles. The van der Waals surface area contributed by atoms with Gasteiger partial charge < -0.3 is 14.8 Å². The third kappa shape index (κ3) is 3.80. The number of fused-ring (bicyclic) bond motifs is 1. The van der Waals surface area contributed by atoms with E-state index in [2.05, 4.69) is 10.3 Å². The lowest BCUT2D eigenvalue weighted by molar-refractivity contribution is -0.383. The van der Waals surface area contributed by atoms with Gasteiger partial charge >= 0.3 is 0 Å². The van der Waals surface area contributed by atoms with Crippen molar-refractivity contribution in [3.05, 3.63) is 40.1 Å². The lowest BCUT2D eigenvalue weighted by atomic mass is 10.1. The molecule has 7 nitrogen and oxygen atoms in total. The van der Waals surface area contributed by atoms with Crippen LogP contribution in [0.15, 0.2) is 24.3 Å². The van der Waals surface area contributed by atoms with Crippen molar-refractivity contribution in [3.8, 4) is 0 Å². The van der Waals surface area contributed by atoms with Crippen LogP contribution in [0, 0.1) is 17.0 Å². The molecule has 1 saturated heterocycles. The van der Waals surface area contributed by atoms with E-state index < -0.39 is 4.92 Å². The van der Waals surface area contributed by atoms with Crippen molar-refractivity contribution < 1.29 is 14.4 Å². The number of anilines is 1. The minimum atomic E-state index is -0.400. The predicted molar refractivity (Wildman–Crippen MR) is 91.4 cm³/mol. The molecule has 0 radical (unpaired) electrons. The van der Waals surface area contributed by atoms with Crippen LogP contribution in [0.4, 0.5) is 11.4 Å². The molecule has 1 N–H and O–H groups in total. The predicted octanol–water partition coefficient (Wildman–Crippen LogP) is 3.06. The Morgan fingerprint density at radius 1 is 1.50 bits per heavy atom. The van der Waals surface area contributed by atoms with Crippen LogP contribution in [-0.4, -0.2) is 42.4 Å². The average Bonchev–Trinajstić information content (AvgIpc) is 3.07. The molecule has 1 aromatic heterocycles. The Hall–Kier alpha value is -2.25. The van der Waals surface area contributed by atoms with Crippen LogP contribution in [0.2, 0.25) is 0 Å². The molecule has 24 heavy (non-hydrogen) atoms. The Balaban J connectivity index is 1.65. The van der Waals surface area contributed by atoms with E-state index in [0.717, 1.165) is 36.2 Å². The van der Waals surface area contributed by atoms with Crippen LogP contribution < -0.4 is 5.32 Å². The summed E-state index contributed by atoms with van der Waals surface area (Å²) in [4.78, 5) is 15.1. The van der Waals surface area contributed by atoms with Gasteiger partial charge in [0.1, 0.15) is 0 Å². The molecule has 1 aliphatic rings. The van der Waals surface area contributed by atoms with Gasteiger partial charge in [-0.3, -0.25) is 10.1 Å². The van der Waals surface area contributed by atoms with E-state index in [1.807, 2.05) is 19.1 Å². The first kappa shape index (κ1) is 16.6. The number of hydrogen-bond donors (Lipinski definition) is 1. The Labute approximate surface area is 140 Å². The lowest BCUT2D eigenvalue weighted by Gasteiger charge is -2.13. The van der Waals surface area contributed by atoms with Crippen molar-refractivity contribution in [3.63, 3.8) is 0 Å². The first-order valence-corrected chi connectivity index (χ1v) is 8.13. The second-order valence-electron chi connectivity index (χ2n) is 5.88. The Morgan fingerprint density at radius 3 is 3.12 bits per heavy atom. The van der Waals surface area contributed by atoms with Gasteiger partial charge in [-0.25, -0.2) is 4.98 Å². The maximum Gasteiger partial charge on any atom is 0.295 e. The minimum absolute atomic E-state index is 0.0221. The van der Waals surface area contributed by atoms with Crippen LogP contribution in [-0.2, 0) is 9.47 Å². The summed E-state index contributed by atoms with van der Waals surface area (Å²) >= 11 is 0. The highest BCUT2D eigenvalue weighted by atomic mass is 16.6. The van der Waals surface area contributed by atoms with E-state index in [1.165, 1.54) is 6.07 Å². The first-order chi connectivity index (χ1) is 11.6. The van der Waals surface area contributed by atoms with Crippen molar-refractivity contribution in [1.82, 2.24) is 4.98 Å². The number of aromatic nitrogens is 1. The first-order valence-electron chi connectivity index (χ1n) is 8.13. The van der Waals surface area contributed by atoms with Crippen LogP contribution in [0.1, 0.15) is 18.5 Å². The van der Waals surface area contributed by atoms with Crippen molar-refractivity contribution in [2.75, 3.05) is 31.7 Å². The molecular formula is C17H21N3O4. The Morgan fingerprint density at radius 2 is 2.38 bits per heavy atom. The van der Waals surface area contributed by atoms with E-state index in [1.54, 1.807) is 6.07 Å². The van der Waals surface area contributed by atoms with Gasteiger partial charge in [0.2, 0.25) is 0 Å². The number of pyridine rings is 1. The Bertz CT molecular complexity index is 729. The molecule has 0 aliphatic carbocycles. The molecule has 1 atom stereocenters. The van der Waals surface area contributed by atoms with Crippen molar-refractivity contribution >= 4 is 22.3 Å². The molecule has 0 spiro atoms. The maximum absolute atomic E-state index is 11.2. The van der Waals surface area contributed by atoms with Gasteiger partial charge in [0.15, 0.2) is 5.52 Å². The van der Waals surface area contributed by atoms with Crippen LogP contribution in [0.5, 0.6) is 0 Å². The number of para-hydroxylation sites is 1. The summed E-state index contributed by atoms with van der Waals surface area (Å²) in [5.74, 6) is 0. The molecule has 2 heterocycles. The highest BCUT2D eigenvalue weighted by Crippen LogP contribution is 2.29. The van der Waals surface area contributed by atoms with Gasteiger partial charge in [-0.15, -0.1) is 0 Å². The number of nitrogens with zero attached hydrogens (tertiary/aromatic N) is 2. The van der Waals surface area contributed by atoms with Gasteiger partial charge in [0.25, 0.3) is 5.69 Å². The van der Waals surface area contributed by atoms with Gasteiger partial charge in [0.05, 0.1) is 24.2 Å². The summed E-state index contributed by atoms with van der Waals surface area (Å²) in [7, 11) is 0. The molecular weight excluding hydrogens is 310 g/mol. The van der Waals surface area contributed by atoms with E-state index in [4.69, 9.17) is 9.47 Å². The zero-order valence-corrected chi connectivity index (χ0v) is 13.7. The largest absolute Gasteiger partial charge is 0.382 e. The second-order valence-corrected chi connectivity index (χ2v) is 5.88. The van der Waals surface area contributed by atoms with Crippen molar-refractivity contribution in [1.29, 1.82) is 0 Å². The van der Waals surface area contributed by atoms with Crippen LogP contribution >= 0.6 is 0 Å². The second kappa shape index (κ2) is 7.55. The third-order valence-corrected chi connectivity index (χ3v) is 4.03. The minimum Gasteiger partial charge on any atom is -0.382 e. The highest BCUT2D eigenvalue weighted by Gasteiger charge is 2.16. The third-order valence-electron chi connectivity index (χ3n) is 4.03. The number of non-ortho nitro benzene ring substituents is 1. The molecule has 128 valence electrons. The number of hydrogen-bond acceptors (Lipinski definition) is 6. The van der Waals surface area contributed by atoms with Crippen molar-refractivity contribution in [2.45, 2.75) is 25.9 Å². The molecule has 0 bridgehead atoms. The van der Waals surface area contributed by atoms with E-state index in [9.17, 15) is 10.1 Å². The molecule has 3 rings (SSSR count). The number of aryl methyl sites for hydroxylation is 1. The smallest absolute Gasteiger partial charge is 0.295 e. The van der Waals surface area contributed by atoms with Crippen LogP contribution in [0.25, 0.3) is 10.9 Å². The molecule has 0 saturated carbocycles. The zero-order valence-electron chi connectivity index (χ0n) is 13.7. The standard InChI is InChI=1S/C17H21N3O4/c1-12-10-15(18-7-9-23-11-13-4-3-8-24-13)14-5-2-6-16(20(21)22)17(14)19-12/h2,5-6,10,13H,3-4,7-9,11H2,1H3,(H,18,19). The number of nitro benzene ring substituents is 1. The normalized spacial score (nSPS) is 17.3. The Kier molecular flexibility index (Phi) is 5.22. The number of benzene rings is 1. The monoisotopic (exact) mass is 331 g/mol. The molecule has 0 amide bonds. The number of rotatable bonds is 7. The van der Waals surface area contributed by atoms with E-state index >= 15 is 0 Å². The van der Waals surface area contributed by atoms with Crippen molar-refractivity contribution in [2.24, 2.45) is 0 Å². The number of nitro groups is 1. The molecule has 7 heteroatoms. The zero-order chi connectivity index (χ0) is 16.9. The highest BCUT2D eigenvalue weighted by molar-refractivity contribution is 5.96. The molecule has 1 aliphatic heterocycles. The fraction of sp³-hybridized carbons (Fsp3) is 0.471. The summed E-state index contributed by atoms with van der Waals surface area (Å²) in [5, 5.41) is 15.2. The quantitative estimate of drug-likeness (QED) is 0.477. The summed E-state index contributed by atoms with van der Waals surface area (Å²) in [6.45, 7) is 4.44. The average molecular weight is 331 g/mol. The van der Waals surface area contributed by atoms with Gasteiger partial charge in [-0.05, 0) is 25.8 Å². The van der Waals surface area contributed by atoms with Gasteiger partial charge in [-0.2, -0.15) is 0 Å². The van der Waals surface area contributed by atoms with Gasteiger partial charge in [-0.1, -0.05) is 12.1 Å². The maximum atomic E-state index is 11.2. The summed E-state index contributed by atoms with van der Waals surface area (Å²) in [6, 6.07) is 6.89. The lowest BCUT2D eigenvalue weighted by Crippen LogP contribution is -2.18. The SMILES string of the molecule is Cc1cc(NCCOCC2CCCO2)c2cccc([N+](=O)[O-])c2n1. The van der Waals surface area contributed by atoms with E-state index in [0.29, 0.717) is 25.3 Å². The fourth-order valence-electron chi connectivity index (χ4n) is 2.90. The molecule has 1 unspecified atom stereocenters. The van der Waals surface area contributed by atoms with E-state index in [-0.39, 0.29) is 11.8 Å². The number of nitrogens with one attached hydrogen (secondary N) is 1. The summed E-state index contributed by atoms with van der Waals surface area (Å²) < 4.78 is 11.1. The van der Waals surface area contributed by atoms with Gasteiger partial charge in [0, 0.05) is 36.0 Å². The number of ether oxygens (including phenoxy) is 2. The summed E-state index contributed by atoms with van der Waals surface area (Å²) in [6.07, 6.45) is 2.38. The molecule has 2 aromatic rings. The fourth-order valence-corrected chi connectivity index (χ4v) is 2.90. The summed E-state index contributed by atoms with van der Waals surface area (Å²) in [5.41, 5.74) is 2.00. The molecule has 1 fully saturated rings. The van der Waals surface area contributed by atoms with Crippen LogP contribution in [0.3, 0.4) is 0 Å².